The molecule has 4 atom stereocenters. The van der Waals surface area contributed by atoms with Gasteiger partial charge in [0, 0.05) is 12.6 Å². The Balaban J connectivity index is 1.44. The lowest BCUT2D eigenvalue weighted by Gasteiger charge is -2.29. The number of hydrogen-bond donors (Lipinski definition) is 1. The molecule has 0 aliphatic carbocycles. The lowest BCUT2D eigenvalue weighted by atomic mass is 9.94. The quantitative estimate of drug-likeness (QED) is 0.737. The first-order valence-corrected chi connectivity index (χ1v) is 7.47. The number of fused-ring (bicyclic) bond motifs is 2. The van der Waals surface area contributed by atoms with Gasteiger partial charge in [-0.25, -0.2) is 0 Å². The van der Waals surface area contributed by atoms with Crippen LogP contribution >= 0.6 is 0 Å². The van der Waals surface area contributed by atoms with Gasteiger partial charge < -0.3 is 10.1 Å². The summed E-state index contributed by atoms with van der Waals surface area (Å²) in [5.74, 6) is 0.876. The second kappa shape index (κ2) is 5.25. The van der Waals surface area contributed by atoms with Gasteiger partial charge in [0.1, 0.15) is 0 Å². The van der Waals surface area contributed by atoms with Gasteiger partial charge in [0.25, 0.3) is 0 Å². The Kier molecular flexibility index (Phi) is 3.69. The molecule has 0 radical (unpaired) electrons. The van der Waals surface area contributed by atoms with Gasteiger partial charge in [0.2, 0.25) is 0 Å². The molecule has 3 saturated heterocycles. The van der Waals surface area contributed by atoms with E-state index >= 15 is 0 Å². The monoisotopic (exact) mass is 238 g/mol. The number of likely N-dealkylation sites (tertiary alicyclic amines) is 1. The highest BCUT2D eigenvalue weighted by Gasteiger charge is 2.44. The fraction of sp³-hybridized carbons (Fsp3) is 1.00. The Morgan fingerprint density at radius 2 is 2.24 bits per heavy atom. The molecule has 17 heavy (non-hydrogen) atoms. The first-order valence-electron chi connectivity index (χ1n) is 7.47. The van der Waals surface area contributed by atoms with Crippen LogP contribution in [0.4, 0.5) is 0 Å². The summed E-state index contributed by atoms with van der Waals surface area (Å²) in [6, 6.07) is 0.755. The van der Waals surface area contributed by atoms with E-state index in [4.69, 9.17) is 4.74 Å². The Labute approximate surface area is 105 Å². The van der Waals surface area contributed by atoms with Gasteiger partial charge in [-0.1, -0.05) is 6.92 Å². The van der Waals surface area contributed by atoms with Gasteiger partial charge in [-0.2, -0.15) is 0 Å². The lowest BCUT2D eigenvalue weighted by molar-refractivity contribution is 0.0759. The van der Waals surface area contributed by atoms with Crippen molar-refractivity contribution in [2.45, 2.75) is 57.3 Å². The number of nitrogens with one attached hydrogen (secondary N) is 1. The van der Waals surface area contributed by atoms with Crippen molar-refractivity contribution in [3.8, 4) is 0 Å². The van der Waals surface area contributed by atoms with E-state index in [0.717, 1.165) is 12.0 Å². The van der Waals surface area contributed by atoms with Crippen molar-refractivity contribution < 1.29 is 4.74 Å². The Morgan fingerprint density at radius 3 is 2.94 bits per heavy atom. The molecule has 2 bridgehead atoms. The van der Waals surface area contributed by atoms with Gasteiger partial charge in [0.05, 0.1) is 12.2 Å². The molecule has 1 N–H and O–H groups in total. The van der Waals surface area contributed by atoms with Crippen molar-refractivity contribution in [3.05, 3.63) is 0 Å². The lowest BCUT2D eigenvalue weighted by Crippen LogP contribution is -2.41. The molecule has 0 aromatic carbocycles. The predicted molar refractivity (Wildman–Crippen MR) is 69.1 cm³/mol. The molecule has 3 aliphatic heterocycles. The van der Waals surface area contributed by atoms with Crippen molar-refractivity contribution >= 4 is 0 Å². The van der Waals surface area contributed by atoms with Crippen LogP contribution in [-0.2, 0) is 4.74 Å². The molecular weight excluding hydrogens is 212 g/mol. The van der Waals surface area contributed by atoms with E-state index in [-0.39, 0.29) is 0 Å². The highest BCUT2D eigenvalue weighted by molar-refractivity contribution is 4.97. The number of hydrogen-bond acceptors (Lipinski definition) is 3. The summed E-state index contributed by atoms with van der Waals surface area (Å²) in [7, 11) is 0. The molecule has 0 aromatic heterocycles. The van der Waals surface area contributed by atoms with Gasteiger partial charge >= 0.3 is 0 Å². The summed E-state index contributed by atoms with van der Waals surface area (Å²) in [6.07, 6.45) is 7.73. The highest BCUT2D eigenvalue weighted by atomic mass is 16.5. The van der Waals surface area contributed by atoms with Crippen LogP contribution in [0, 0.1) is 5.92 Å². The number of ether oxygens (including phenoxy) is 1. The van der Waals surface area contributed by atoms with Crippen LogP contribution in [0.25, 0.3) is 0 Å². The zero-order valence-corrected chi connectivity index (χ0v) is 11.0. The number of rotatable bonds is 5. The van der Waals surface area contributed by atoms with Gasteiger partial charge in [-0.05, 0) is 57.7 Å². The molecule has 0 saturated carbocycles. The largest absolute Gasteiger partial charge is 0.373 e. The summed E-state index contributed by atoms with van der Waals surface area (Å²) in [5, 5.41) is 3.56. The number of nitrogens with zero attached hydrogens (tertiary/aromatic N) is 1. The van der Waals surface area contributed by atoms with E-state index in [0.29, 0.717) is 12.2 Å². The molecule has 3 rings (SSSR count). The third-order valence-corrected chi connectivity index (χ3v) is 4.72. The molecule has 3 heteroatoms. The van der Waals surface area contributed by atoms with Crippen LogP contribution in [-0.4, -0.2) is 49.3 Å². The van der Waals surface area contributed by atoms with Crippen molar-refractivity contribution in [1.82, 2.24) is 10.2 Å². The second-order valence-electron chi connectivity index (χ2n) is 6.03. The maximum atomic E-state index is 5.97. The molecule has 0 amide bonds. The third-order valence-electron chi connectivity index (χ3n) is 4.72. The van der Waals surface area contributed by atoms with Crippen molar-refractivity contribution in [1.29, 1.82) is 0 Å². The zero-order valence-electron chi connectivity index (χ0n) is 11.0. The smallest absolute Gasteiger partial charge is 0.0735 e. The maximum Gasteiger partial charge on any atom is 0.0735 e. The van der Waals surface area contributed by atoms with Crippen LogP contribution in [0.1, 0.15) is 39.0 Å². The van der Waals surface area contributed by atoms with E-state index < -0.39 is 0 Å². The highest BCUT2D eigenvalue weighted by Crippen LogP contribution is 2.38. The van der Waals surface area contributed by atoms with Crippen LogP contribution in [0.3, 0.4) is 0 Å². The summed E-state index contributed by atoms with van der Waals surface area (Å²) >= 11 is 0. The Morgan fingerprint density at radius 1 is 1.29 bits per heavy atom. The van der Waals surface area contributed by atoms with Crippen LogP contribution < -0.4 is 5.32 Å². The molecule has 0 aromatic rings. The van der Waals surface area contributed by atoms with Crippen LogP contribution in [0.2, 0.25) is 0 Å². The van der Waals surface area contributed by atoms with E-state index in [9.17, 15) is 0 Å². The molecule has 0 spiro atoms. The average Bonchev–Trinajstić information content (AvgIpc) is 3.04. The summed E-state index contributed by atoms with van der Waals surface area (Å²) in [6.45, 7) is 7.23. The van der Waals surface area contributed by atoms with Crippen LogP contribution in [0.5, 0.6) is 0 Å². The van der Waals surface area contributed by atoms with Crippen molar-refractivity contribution in [2.24, 2.45) is 5.92 Å². The topological polar surface area (TPSA) is 24.5 Å². The summed E-state index contributed by atoms with van der Waals surface area (Å²) in [4.78, 5) is 2.71. The average molecular weight is 238 g/mol. The minimum Gasteiger partial charge on any atom is -0.373 e. The summed E-state index contributed by atoms with van der Waals surface area (Å²) < 4.78 is 5.97. The molecule has 3 heterocycles. The Bertz CT molecular complexity index is 259. The molecular formula is C14H26N2O. The molecule has 4 unspecified atom stereocenters. The normalized spacial score (nSPS) is 41.5. The Hall–Kier alpha value is -0.120. The first-order chi connectivity index (χ1) is 8.36. The molecule has 98 valence electrons. The fourth-order valence-electron chi connectivity index (χ4n) is 3.81. The minimum atomic E-state index is 0.572. The van der Waals surface area contributed by atoms with Crippen molar-refractivity contribution in [3.63, 3.8) is 0 Å². The summed E-state index contributed by atoms with van der Waals surface area (Å²) in [5.41, 5.74) is 0. The fourth-order valence-corrected chi connectivity index (χ4v) is 3.81. The SMILES string of the molecule is CCCNCC1CCN(C2CC3CCC2O3)C1. The van der Waals surface area contributed by atoms with Gasteiger partial charge in [-0.15, -0.1) is 0 Å². The standard InChI is InChI=1S/C14H26N2O/c1-2-6-15-9-11-5-7-16(10-11)13-8-12-3-4-14(13)17-12/h11-15H,2-10H2,1H3. The van der Waals surface area contributed by atoms with Gasteiger partial charge in [0.15, 0.2) is 0 Å². The van der Waals surface area contributed by atoms with Gasteiger partial charge in [-0.3, -0.25) is 4.90 Å². The molecule has 3 aliphatic rings. The van der Waals surface area contributed by atoms with Crippen LogP contribution in [0.15, 0.2) is 0 Å². The molecule has 3 fully saturated rings. The second-order valence-corrected chi connectivity index (χ2v) is 6.03. The predicted octanol–water partition coefficient (Wildman–Crippen LogP) is 1.63. The molecule has 3 nitrogen and oxygen atoms in total. The van der Waals surface area contributed by atoms with E-state index in [1.165, 1.54) is 58.3 Å². The van der Waals surface area contributed by atoms with E-state index in [2.05, 4.69) is 17.1 Å². The van der Waals surface area contributed by atoms with E-state index in [1.807, 2.05) is 0 Å². The van der Waals surface area contributed by atoms with Crippen molar-refractivity contribution in [2.75, 3.05) is 26.2 Å². The maximum absolute atomic E-state index is 5.97. The minimum absolute atomic E-state index is 0.572. The first kappa shape index (κ1) is 11.9. The third kappa shape index (κ3) is 2.51. The van der Waals surface area contributed by atoms with E-state index in [1.54, 1.807) is 0 Å². The zero-order chi connectivity index (χ0) is 11.7.